The molecular weight excluding hydrogens is 322 g/mol. The molecule has 1 aromatic carbocycles. The SMILES string of the molecule is CC(C)=CCC/C(C)=C/COC(C)(C)Cc1ccc(-c2ncco2)cc1. The van der Waals surface area contributed by atoms with Crippen LogP contribution in [-0.4, -0.2) is 17.2 Å². The average molecular weight is 354 g/mol. The van der Waals surface area contributed by atoms with Crippen molar-refractivity contribution in [2.75, 3.05) is 6.61 Å². The van der Waals surface area contributed by atoms with E-state index in [1.165, 1.54) is 16.7 Å². The third-order valence-electron chi connectivity index (χ3n) is 4.26. The summed E-state index contributed by atoms with van der Waals surface area (Å²) in [7, 11) is 0. The monoisotopic (exact) mass is 353 g/mol. The fourth-order valence-electron chi connectivity index (χ4n) is 2.77. The van der Waals surface area contributed by atoms with E-state index in [9.17, 15) is 0 Å². The highest BCUT2D eigenvalue weighted by atomic mass is 16.5. The summed E-state index contributed by atoms with van der Waals surface area (Å²) in [5.41, 5.74) is 4.79. The van der Waals surface area contributed by atoms with Crippen molar-refractivity contribution < 1.29 is 9.15 Å². The molecule has 0 saturated carbocycles. The molecule has 0 radical (unpaired) electrons. The summed E-state index contributed by atoms with van der Waals surface area (Å²) in [6.07, 6.45) is 10.8. The predicted molar refractivity (Wildman–Crippen MR) is 108 cm³/mol. The first-order valence-electron chi connectivity index (χ1n) is 9.27. The standard InChI is InChI=1S/C23H31NO2/c1-18(2)7-6-8-19(3)13-15-26-23(4,5)17-20-9-11-21(12-10-20)22-24-14-16-25-22/h7,9-14,16H,6,8,15,17H2,1-5H3/b19-13+. The highest BCUT2D eigenvalue weighted by Gasteiger charge is 2.18. The molecule has 1 aromatic heterocycles. The second kappa shape index (κ2) is 9.54. The molecule has 0 aliphatic carbocycles. The Bertz CT molecular complexity index is 718. The lowest BCUT2D eigenvalue weighted by atomic mass is 9.97. The first-order chi connectivity index (χ1) is 12.4. The predicted octanol–water partition coefficient (Wildman–Crippen LogP) is 6.37. The molecule has 26 heavy (non-hydrogen) atoms. The number of ether oxygens (including phenoxy) is 1. The molecule has 140 valence electrons. The summed E-state index contributed by atoms with van der Waals surface area (Å²) in [6.45, 7) is 11.4. The lowest BCUT2D eigenvalue weighted by Gasteiger charge is -2.25. The van der Waals surface area contributed by atoms with E-state index in [0.717, 1.165) is 24.8 Å². The number of oxazole rings is 1. The van der Waals surface area contributed by atoms with Crippen molar-refractivity contribution in [1.29, 1.82) is 0 Å². The van der Waals surface area contributed by atoms with Gasteiger partial charge in [0.2, 0.25) is 5.89 Å². The number of aromatic nitrogens is 1. The van der Waals surface area contributed by atoms with Gasteiger partial charge in [-0.2, -0.15) is 0 Å². The Balaban J connectivity index is 1.83. The van der Waals surface area contributed by atoms with Crippen molar-refractivity contribution in [1.82, 2.24) is 4.98 Å². The van der Waals surface area contributed by atoms with E-state index in [1.807, 2.05) is 12.1 Å². The smallest absolute Gasteiger partial charge is 0.225 e. The molecule has 0 spiro atoms. The first-order valence-corrected chi connectivity index (χ1v) is 9.27. The van der Waals surface area contributed by atoms with E-state index in [1.54, 1.807) is 12.5 Å². The van der Waals surface area contributed by atoms with Gasteiger partial charge in [-0.15, -0.1) is 0 Å². The van der Waals surface area contributed by atoms with Gasteiger partial charge >= 0.3 is 0 Å². The van der Waals surface area contributed by atoms with E-state index in [4.69, 9.17) is 9.15 Å². The van der Waals surface area contributed by atoms with Crippen LogP contribution in [0.1, 0.15) is 53.0 Å². The van der Waals surface area contributed by atoms with Crippen LogP contribution >= 0.6 is 0 Å². The summed E-state index contributed by atoms with van der Waals surface area (Å²) in [5, 5.41) is 0. The van der Waals surface area contributed by atoms with E-state index in [2.05, 4.69) is 63.9 Å². The second-order valence-corrected chi connectivity index (χ2v) is 7.65. The van der Waals surface area contributed by atoms with E-state index >= 15 is 0 Å². The molecule has 0 aliphatic rings. The molecule has 1 heterocycles. The lowest BCUT2D eigenvalue weighted by Crippen LogP contribution is -2.27. The third kappa shape index (κ3) is 7.01. The molecule has 3 heteroatoms. The van der Waals surface area contributed by atoms with Crippen molar-refractivity contribution in [3.8, 4) is 11.5 Å². The maximum absolute atomic E-state index is 6.11. The second-order valence-electron chi connectivity index (χ2n) is 7.65. The van der Waals surface area contributed by atoms with Gasteiger partial charge in [-0.05, 0) is 65.2 Å². The summed E-state index contributed by atoms with van der Waals surface area (Å²) < 4.78 is 11.4. The Morgan fingerprint density at radius 2 is 1.85 bits per heavy atom. The number of nitrogens with zero attached hydrogens (tertiary/aromatic N) is 1. The molecule has 0 bridgehead atoms. The molecule has 2 aromatic rings. The highest BCUT2D eigenvalue weighted by molar-refractivity contribution is 5.53. The zero-order valence-electron chi connectivity index (χ0n) is 16.7. The average Bonchev–Trinajstić information content (AvgIpc) is 3.09. The van der Waals surface area contributed by atoms with Gasteiger partial charge < -0.3 is 9.15 Å². The lowest BCUT2D eigenvalue weighted by molar-refractivity contribution is -0.000480. The number of benzene rings is 1. The minimum absolute atomic E-state index is 0.207. The van der Waals surface area contributed by atoms with E-state index < -0.39 is 0 Å². The zero-order valence-corrected chi connectivity index (χ0v) is 16.7. The van der Waals surface area contributed by atoms with Gasteiger partial charge in [0, 0.05) is 12.0 Å². The number of hydrogen-bond donors (Lipinski definition) is 0. The third-order valence-corrected chi connectivity index (χ3v) is 4.26. The van der Waals surface area contributed by atoms with Crippen LogP contribution < -0.4 is 0 Å². The molecule has 0 amide bonds. The van der Waals surface area contributed by atoms with Gasteiger partial charge in [-0.3, -0.25) is 0 Å². The fraction of sp³-hybridized carbons (Fsp3) is 0.435. The molecule has 0 saturated heterocycles. The first kappa shape index (κ1) is 20.2. The Kier molecular flexibility index (Phi) is 7.40. The Morgan fingerprint density at radius 3 is 2.46 bits per heavy atom. The van der Waals surface area contributed by atoms with E-state index in [-0.39, 0.29) is 5.60 Å². The summed E-state index contributed by atoms with van der Waals surface area (Å²) in [4.78, 5) is 4.18. The van der Waals surface area contributed by atoms with Crippen LogP contribution in [0.25, 0.3) is 11.5 Å². The van der Waals surface area contributed by atoms with Crippen LogP contribution in [0.5, 0.6) is 0 Å². The van der Waals surface area contributed by atoms with Crippen molar-refractivity contribution in [2.45, 2.75) is 59.5 Å². The summed E-state index contributed by atoms with van der Waals surface area (Å²) in [5.74, 6) is 0.654. The molecule has 3 nitrogen and oxygen atoms in total. The van der Waals surface area contributed by atoms with Crippen LogP contribution in [0.4, 0.5) is 0 Å². The van der Waals surface area contributed by atoms with Crippen molar-refractivity contribution in [3.63, 3.8) is 0 Å². The maximum Gasteiger partial charge on any atom is 0.225 e. The topological polar surface area (TPSA) is 35.3 Å². The number of allylic oxidation sites excluding steroid dienone is 3. The number of hydrogen-bond acceptors (Lipinski definition) is 3. The van der Waals surface area contributed by atoms with Gasteiger partial charge in [0.15, 0.2) is 0 Å². The summed E-state index contributed by atoms with van der Waals surface area (Å²) in [6, 6.07) is 8.32. The molecule has 0 unspecified atom stereocenters. The Morgan fingerprint density at radius 1 is 1.12 bits per heavy atom. The van der Waals surface area contributed by atoms with E-state index in [0.29, 0.717) is 12.5 Å². The quantitative estimate of drug-likeness (QED) is 0.491. The molecule has 0 aliphatic heterocycles. The van der Waals surface area contributed by atoms with Gasteiger partial charge in [-0.25, -0.2) is 4.98 Å². The van der Waals surface area contributed by atoms with Crippen LogP contribution in [0.2, 0.25) is 0 Å². The van der Waals surface area contributed by atoms with Crippen molar-refractivity contribution >= 4 is 0 Å². The van der Waals surface area contributed by atoms with Gasteiger partial charge in [0.25, 0.3) is 0 Å². The zero-order chi connectivity index (χ0) is 19.0. The Labute approximate surface area is 157 Å². The van der Waals surface area contributed by atoms with Gasteiger partial charge in [0.05, 0.1) is 18.4 Å². The minimum atomic E-state index is -0.207. The number of rotatable bonds is 9. The van der Waals surface area contributed by atoms with Crippen LogP contribution in [-0.2, 0) is 11.2 Å². The van der Waals surface area contributed by atoms with Gasteiger partial charge in [0.1, 0.15) is 6.26 Å². The van der Waals surface area contributed by atoms with Crippen molar-refractivity contribution in [3.05, 3.63) is 65.6 Å². The van der Waals surface area contributed by atoms with Gasteiger partial charge in [-0.1, -0.05) is 35.4 Å². The molecule has 2 rings (SSSR count). The normalized spacial score (nSPS) is 12.3. The summed E-state index contributed by atoms with van der Waals surface area (Å²) >= 11 is 0. The van der Waals surface area contributed by atoms with Crippen LogP contribution in [0.15, 0.2) is 64.4 Å². The fourth-order valence-corrected chi connectivity index (χ4v) is 2.77. The largest absolute Gasteiger partial charge is 0.445 e. The molecule has 0 N–H and O–H groups in total. The Hall–Kier alpha value is -2.13. The molecule has 0 atom stereocenters. The maximum atomic E-state index is 6.11. The molecular formula is C23H31NO2. The van der Waals surface area contributed by atoms with Crippen LogP contribution in [0.3, 0.4) is 0 Å². The molecule has 0 fully saturated rings. The van der Waals surface area contributed by atoms with Crippen LogP contribution in [0, 0.1) is 0 Å². The van der Waals surface area contributed by atoms with Crippen molar-refractivity contribution in [2.24, 2.45) is 0 Å². The highest BCUT2D eigenvalue weighted by Crippen LogP contribution is 2.21. The minimum Gasteiger partial charge on any atom is -0.445 e.